The maximum Gasteiger partial charge on any atom is 0.140 e. The average Bonchev–Trinajstić information content (AvgIpc) is 2.34. The first-order valence-corrected chi connectivity index (χ1v) is 8.67. The third kappa shape index (κ3) is 3.86. The van der Waals surface area contributed by atoms with Crippen molar-refractivity contribution in [1.29, 1.82) is 0 Å². The highest BCUT2D eigenvalue weighted by atomic mass is 79.9. The van der Waals surface area contributed by atoms with Crippen molar-refractivity contribution >= 4 is 49.4 Å². The van der Waals surface area contributed by atoms with Crippen molar-refractivity contribution in [1.82, 2.24) is 4.98 Å². The first kappa shape index (κ1) is 13.7. The fourth-order valence-corrected chi connectivity index (χ4v) is 4.00. The van der Waals surface area contributed by atoms with Crippen LogP contribution in [0.5, 0.6) is 0 Å². The second-order valence-corrected chi connectivity index (χ2v) is 7.25. The zero-order valence-electron chi connectivity index (χ0n) is 9.75. The van der Waals surface area contributed by atoms with Crippen LogP contribution in [0.25, 0.3) is 0 Å². The highest BCUT2D eigenvalue weighted by Gasteiger charge is 2.20. The second kappa shape index (κ2) is 6.43. The summed E-state index contributed by atoms with van der Waals surface area (Å²) >= 11 is 8.96. The van der Waals surface area contributed by atoms with Crippen LogP contribution < -0.4 is 5.32 Å². The summed E-state index contributed by atoms with van der Waals surface area (Å²) in [5, 5.41) is 4.39. The molecule has 0 atom stereocenters. The van der Waals surface area contributed by atoms with Gasteiger partial charge in [-0.25, -0.2) is 4.98 Å². The highest BCUT2D eigenvalue weighted by Crippen LogP contribution is 2.30. The lowest BCUT2D eigenvalue weighted by Crippen LogP contribution is -2.27. The van der Waals surface area contributed by atoms with Gasteiger partial charge in [-0.15, -0.1) is 0 Å². The number of nitrogens with one attached hydrogen (secondary N) is 1. The van der Waals surface area contributed by atoms with Gasteiger partial charge in [0.15, 0.2) is 0 Å². The molecule has 0 bridgehead atoms. The SMILES string of the molecule is CSC1CCC(Nc2ncc(Br)cc2Br)CC1. The van der Waals surface area contributed by atoms with Crippen molar-refractivity contribution < 1.29 is 0 Å². The van der Waals surface area contributed by atoms with E-state index in [0.717, 1.165) is 20.0 Å². The third-order valence-corrected chi connectivity index (χ3v) is 5.33. The van der Waals surface area contributed by atoms with E-state index < -0.39 is 0 Å². The zero-order valence-corrected chi connectivity index (χ0v) is 13.7. The lowest BCUT2D eigenvalue weighted by Gasteiger charge is -2.28. The third-order valence-electron chi connectivity index (χ3n) is 3.16. The Hall–Kier alpha value is 0.260. The summed E-state index contributed by atoms with van der Waals surface area (Å²) in [7, 11) is 0. The van der Waals surface area contributed by atoms with Crippen LogP contribution in [-0.2, 0) is 0 Å². The van der Waals surface area contributed by atoms with E-state index in [-0.39, 0.29) is 0 Å². The first-order valence-electron chi connectivity index (χ1n) is 5.79. The summed E-state index contributed by atoms with van der Waals surface area (Å²) in [5.41, 5.74) is 0. The fourth-order valence-electron chi connectivity index (χ4n) is 2.16. The number of aromatic nitrogens is 1. The molecule has 1 N–H and O–H groups in total. The van der Waals surface area contributed by atoms with Crippen LogP contribution in [0.3, 0.4) is 0 Å². The number of pyridine rings is 1. The Balaban J connectivity index is 1.93. The van der Waals surface area contributed by atoms with E-state index in [1.54, 1.807) is 0 Å². The normalized spacial score (nSPS) is 24.6. The van der Waals surface area contributed by atoms with Gasteiger partial charge in [-0.3, -0.25) is 0 Å². The largest absolute Gasteiger partial charge is 0.366 e. The van der Waals surface area contributed by atoms with Crippen molar-refractivity contribution in [3.8, 4) is 0 Å². The minimum absolute atomic E-state index is 0.573. The van der Waals surface area contributed by atoms with Crippen LogP contribution in [-0.4, -0.2) is 22.5 Å². The van der Waals surface area contributed by atoms with E-state index in [4.69, 9.17) is 0 Å². The molecule has 2 nitrogen and oxygen atoms in total. The summed E-state index contributed by atoms with van der Waals surface area (Å²) in [6.07, 6.45) is 9.16. The predicted octanol–water partition coefficient (Wildman–Crippen LogP) is 4.69. The van der Waals surface area contributed by atoms with Gasteiger partial charge in [-0.2, -0.15) is 11.8 Å². The Morgan fingerprint density at radius 2 is 2.00 bits per heavy atom. The summed E-state index contributed by atoms with van der Waals surface area (Å²) in [4.78, 5) is 4.40. The lowest BCUT2D eigenvalue weighted by molar-refractivity contribution is 0.472. The van der Waals surface area contributed by atoms with Crippen molar-refractivity contribution in [2.75, 3.05) is 11.6 Å². The smallest absolute Gasteiger partial charge is 0.140 e. The Kier molecular flexibility index (Phi) is 5.18. The molecule has 0 spiro atoms. The number of anilines is 1. The molecule has 0 aliphatic heterocycles. The van der Waals surface area contributed by atoms with Crippen LogP contribution >= 0.6 is 43.6 Å². The van der Waals surface area contributed by atoms with Crippen molar-refractivity contribution in [2.45, 2.75) is 37.0 Å². The van der Waals surface area contributed by atoms with Gasteiger partial charge >= 0.3 is 0 Å². The number of hydrogen-bond acceptors (Lipinski definition) is 3. The summed E-state index contributed by atoms with van der Waals surface area (Å²) < 4.78 is 2.03. The fraction of sp³-hybridized carbons (Fsp3) is 0.583. The van der Waals surface area contributed by atoms with Crippen molar-refractivity contribution in [2.24, 2.45) is 0 Å². The molecule has 1 heterocycles. The topological polar surface area (TPSA) is 24.9 Å². The number of nitrogens with zero attached hydrogens (tertiary/aromatic N) is 1. The molecule has 0 aromatic carbocycles. The Morgan fingerprint density at radius 3 is 2.59 bits per heavy atom. The van der Waals surface area contributed by atoms with E-state index >= 15 is 0 Å². The van der Waals surface area contributed by atoms with Crippen LogP contribution in [0.1, 0.15) is 25.7 Å². The molecule has 0 unspecified atom stereocenters. The Bertz CT molecular complexity index is 379. The predicted molar refractivity (Wildman–Crippen MR) is 82.8 cm³/mol. The molecule has 1 fully saturated rings. The molecule has 0 saturated heterocycles. The summed E-state index contributed by atoms with van der Waals surface area (Å²) in [5.74, 6) is 0.959. The molecule has 0 amide bonds. The standard InChI is InChI=1S/C12H16Br2N2S/c1-17-10-4-2-9(3-5-10)16-12-11(14)6-8(13)7-15-12/h6-7,9-10H,2-5H2,1H3,(H,15,16). The molecular weight excluding hydrogens is 364 g/mol. The Labute approximate surface area is 124 Å². The maximum atomic E-state index is 4.40. The highest BCUT2D eigenvalue weighted by molar-refractivity contribution is 9.11. The van der Waals surface area contributed by atoms with Gasteiger partial charge < -0.3 is 5.32 Å². The Morgan fingerprint density at radius 1 is 1.29 bits per heavy atom. The first-order chi connectivity index (χ1) is 8.19. The van der Waals surface area contributed by atoms with Gasteiger partial charge in [0.05, 0.1) is 4.47 Å². The maximum absolute atomic E-state index is 4.40. The van der Waals surface area contributed by atoms with Gasteiger partial charge in [-0.05, 0) is 69.9 Å². The summed E-state index contributed by atoms with van der Waals surface area (Å²) in [6, 6.07) is 2.60. The minimum atomic E-state index is 0.573. The molecular formula is C12H16Br2N2S. The van der Waals surface area contributed by atoms with E-state index in [0.29, 0.717) is 6.04 Å². The average molecular weight is 380 g/mol. The van der Waals surface area contributed by atoms with Gasteiger partial charge in [-0.1, -0.05) is 0 Å². The monoisotopic (exact) mass is 378 g/mol. The number of halogens is 2. The van der Waals surface area contributed by atoms with Gasteiger partial charge in [0.2, 0.25) is 0 Å². The second-order valence-electron chi connectivity index (χ2n) is 4.34. The zero-order chi connectivity index (χ0) is 12.3. The van der Waals surface area contributed by atoms with Gasteiger partial charge in [0.1, 0.15) is 5.82 Å². The summed E-state index contributed by atoms with van der Waals surface area (Å²) in [6.45, 7) is 0. The molecule has 1 aliphatic rings. The van der Waals surface area contributed by atoms with E-state index in [1.165, 1.54) is 25.7 Å². The van der Waals surface area contributed by atoms with Crippen molar-refractivity contribution in [3.05, 3.63) is 21.2 Å². The number of rotatable bonds is 3. The molecule has 0 radical (unpaired) electrons. The molecule has 5 heteroatoms. The quantitative estimate of drug-likeness (QED) is 0.824. The van der Waals surface area contributed by atoms with Crippen LogP contribution in [0.4, 0.5) is 5.82 Å². The van der Waals surface area contributed by atoms with E-state index in [2.05, 4.69) is 48.4 Å². The van der Waals surface area contributed by atoms with E-state index in [9.17, 15) is 0 Å². The van der Waals surface area contributed by atoms with Crippen LogP contribution in [0.2, 0.25) is 0 Å². The number of hydrogen-bond donors (Lipinski definition) is 1. The van der Waals surface area contributed by atoms with Crippen LogP contribution in [0.15, 0.2) is 21.2 Å². The molecule has 1 aromatic heterocycles. The van der Waals surface area contributed by atoms with Gasteiger partial charge in [0.25, 0.3) is 0 Å². The lowest BCUT2D eigenvalue weighted by atomic mass is 9.95. The van der Waals surface area contributed by atoms with Gasteiger partial charge in [0, 0.05) is 22.0 Å². The molecule has 1 aromatic rings. The molecule has 17 heavy (non-hydrogen) atoms. The molecule has 2 rings (SSSR count). The van der Waals surface area contributed by atoms with Crippen LogP contribution in [0, 0.1) is 0 Å². The number of thioether (sulfide) groups is 1. The molecule has 1 saturated carbocycles. The molecule has 94 valence electrons. The van der Waals surface area contributed by atoms with Crippen molar-refractivity contribution in [3.63, 3.8) is 0 Å². The molecule has 1 aliphatic carbocycles. The minimum Gasteiger partial charge on any atom is -0.366 e. The van der Waals surface area contributed by atoms with E-state index in [1.807, 2.05) is 24.0 Å².